The van der Waals surface area contributed by atoms with Crippen molar-refractivity contribution in [3.05, 3.63) is 0 Å². The van der Waals surface area contributed by atoms with E-state index in [1.807, 2.05) is 11.8 Å². The summed E-state index contributed by atoms with van der Waals surface area (Å²) in [4.78, 5) is 0. The van der Waals surface area contributed by atoms with Crippen molar-refractivity contribution < 1.29 is 4.74 Å². The van der Waals surface area contributed by atoms with E-state index in [9.17, 15) is 0 Å². The number of hydrogen-bond acceptors (Lipinski definition) is 4. The molecule has 1 aliphatic rings. The Morgan fingerprint density at radius 3 is 2.87 bits per heavy atom. The van der Waals surface area contributed by atoms with Crippen molar-refractivity contribution in [3.8, 4) is 6.07 Å². The molecule has 4 heteroatoms. The molecule has 1 saturated heterocycles. The van der Waals surface area contributed by atoms with Crippen molar-refractivity contribution in [2.45, 2.75) is 55.8 Å². The van der Waals surface area contributed by atoms with Crippen molar-refractivity contribution in [2.24, 2.45) is 5.73 Å². The summed E-state index contributed by atoms with van der Waals surface area (Å²) in [5.74, 6) is 0. The van der Waals surface area contributed by atoms with Crippen molar-refractivity contribution in [3.63, 3.8) is 0 Å². The average Bonchev–Trinajstić information content (AvgIpc) is 2.51. The number of nitrogens with two attached hydrogens (primary N) is 1. The van der Waals surface area contributed by atoms with Crippen LogP contribution >= 0.6 is 11.8 Å². The molecule has 0 bridgehead atoms. The number of nitrogens with zero attached hydrogens (tertiary/aromatic N) is 1. The van der Waals surface area contributed by atoms with E-state index in [2.05, 4.69) is 19.9 Å². The molecule has 3 nitrogen and oxygen atoms in total. The van der Waals surface area contributed by atoms with E-state index in [0.29, 0.717) is 16.6 Å². The van der Waals surface area contributed by atoms with Crippen LogP contribution in [-0.2, 0) is 4.74 Å². The summed E-state index contributed by atoms with van der Waals surface area (Å²) in [5.41, 5.74) is 5.12. The molecule has 0 aromatic carbocycles. The Morgan fingerprint density at radius 1 is 1.73 bits per heavy atom. The fourth-order valence-electron chi connectivity index (χ4n) is 1.88. The van der Waals surface area contributed by atoms with Gasteiger partial charge in [0.25, 0.3) is 0 Å². The largest absolute Gasteiger partial charge is 0.377 e. The smallest absolute Gasteiger partial charge is 0.102 e. The van der Waals surface area contributed by atoms with Crippen molar-refractivity contribution >= 4 is 11.8 Å². The molecule has 0 aromatic heterocycles. The SMILES string of the molecule is CC(CC(C)(N)C#N)SC1CCOC1C. The van der Waals surface area contributed by atoms with Crippen LogP contribution in [0.5, 0.6) is 0 Å². The summed E-state index contributed by atoms with van der Waals surface area (Å²) in [6, 6.07) is 2.14. The van der Waals surface area contributed by atoms with E-state index in [4.69, 9.17) is 15.7 Å². The highest BCUT2D eigenvalue weighted by molar-refractivity contribution is 8.00. The highest BCUT2D eigenvalue weighted by Crippen LogP contribution is 2.32. The number of hydrogen-bond donors (Lipinski definition) is 1. The minimum Gasteiger partial charge on any atom is -0.377 e. The molecule has 4 atom stereocenters. The van der Waals surface area contributed by atoms with Gasteiger partial charge in [0, 0.05) is 17.1 Å². The molecule has 15 heavy (non-hydrogen) atoms. The predicted molar refractivity (Wildman–Crippen MR) is 63.7 cm³/mol. The third-order valence-electron chi connectivity index (χ3n) is 2.68. The lowest BCUT2D eigenvalue weighted by Gasteiger charge is -2.23. The second-order valence-electron chi connectivity index (χ2n) is 4.58. The summed E-state index contributed by atoms with van der Waals surface area (Å²) in [7, 11) is 0. The van der Waals surface area contributed by atoms with E-state index >= 15 is 0 Å². The molecule has 0 radical (unpaired) electrons. The van der Waals surface area contributed by atoms with Gasteiger partial charge in [-0.2, -0.15) is 17.0 Å². The first kappa shape index (κ1) is 12.8. The third-order valence-corrected chi connectivity index (χ3v) is 4.28. The molecule has 4 unspecified atom stereocenters. The molecule has 1 rings (SSSR count). The van der Waals surface area contributed by atoms with E-state index < -0.39 is 5.54 Å². The summed E-state index contributed by atoms with van der Waals surface area (Å²) in [6.07, 6.45) is 2.19. The van der Waals surface area contributed by atoms with Crippen molar-refractivity contribution in [1.82, 2.24) is 0 Å². The van der Waals surface area contributed by atoms with Gasteiger partial charge < -0.3 is 10.5 Å². The van der Waals surface area contributed by atoms with Crippen molar-refractivity contribution in [2.75, 3.05) is 6.61 Å². The van der Waals surface area contributed by atoms with Crippen LogP contribution in [0.3, 0.4) is 0 Å². The van der Waals surface area contributed by atoms with Gasteiger partial charge >= 0.3 is 0 Å². The van der Waals surface area contributed by atoms with Gasteiger partial charge in [-0.1, -0.05) is 6.92 Å². The second-order valence-corrected chi connectivity index (χ2v) is 6.27. The summed E-state index contributed by atoms with van der Waals surface area (Å²) >= 11 is 1.90. The molecule has 2 N–H and O–H groups in total. The molecule has 1 fully saturated rings. The monoisotopic (exact) mass is 228 g/mol. The first-order valence-electron chi connectivity index (χ1n) is 5.42. The molecule has 1 aliphatic heterocycles. The zero-order chi connectivity index (χ0) is 11.5. The van der Waals surface area contributed by atoms with Crippen LogP contribution in [-0.4, -0.2) is 28.7 Å². The second kappa shape index (κ2) is 5.20. The van der Waals surface area contributed by atoms with E-state index in [-0.39, 0.29) is 0 Å². The summed E-state index contributed by atoms with van der Waals surface area (Å²) in [6.45, 7) is 6.91. The van der Waals surface area contributed by atoms with Gasteiger partial charge in [-0.15, -0.1) is 0 Å². The van der Waals surface area contributed by atoms with Crippen LogP contribution in [0, 0.1) is 11.3 Å². The Balaban J connectivity index is 2.36. The lowest BCUT2D eigenvalue weighted by Crippen LogP contribution is -2.37. The van der Waals surface area contributed by atoms with Crippen LogP contribution in [0.25, 0.3) is 0 Å². The maximum atomic E-state index is 8.85. The van der Waals surface area contributed by atoms with E-state index in [0.717, 1.165) is 19.4 Å². The van der Waals surface area contributed by atoms with Crippen LogP contribution in [0.15, 0.2) is 0 Å². The van der Waals surface area contributed by atoms with E-state index in [1.165, 1.54) is 0 Å². The van der Waals surface area contributed by atoms with Crippen LogP contribution in [0.4, 0.5) is 0 Å². The Bertz CT molecular complexity index is 249. The zero-order valence-corrected chi connectivity index (χ0v) is 10.5. The van der Waals surface area contributed by atoms with Gasteiger partial charge in [0.15, 0.2) is 0 Å². The van der Waals surface area contributed by atoms with Gasteiger partial charge in [-0.25, -0.2) is 0 Å². The number of thioether (sulfide) groups is 1. The third kappa shape index (κ3) is 4.02. The minimum absolute atomic E-state index is 0.337. The average molecular weight is 228 g/mol. The molecule has 1 heterocycles. The fourth-order valence-corrected chi connectivity index (χ4v) is 3.45. The highest BCUT2D eigenvalue weighted by atomic mass is 32.2. The maximum absolute atomic E-state index is 8.85. The first-order valence-corrected chi connectivity index (χ1v) is 6.36. The Morgan fingerprint density at radius 2 is 2.40 bits per heavy atom. The molecule has 0 aromatic rings. The predicted octanol–water partition coefficient (Wildman–Crippen LogP) is 1.92. The number of nitriles is 1. The van der Waals surface area contributed by atoms with E-state index in [1.54, 1.807) is 6.92 Å². The Labute approximate surface area is 96.4 Å². The topological polar surface area (TPSA) is 59.0 Å². The Kier molecular flexibility index (Phi) is 4.45. The summed E-state index contributed by atoms with van der Waals surface area (Å²) in [5, 5.41) is 9.82. The summed E-state index contributed by atoms with van der Waals surface area (Å²) < 4.78 is 5.51. The lowest BCUT2D eigenvalue weighted by molar-refractivity contribution is 0.127. The number of ether oxygens (including phenoxy) is 1. The van der Waals surface area contributed by atoms with Gasteiger partial charge in [0.1, 0.15) is 5.54 Å². The van der Waals surface area contributed by atoms with Crippen LogP contribution < -0.4 is 5.73 Å². The van der Waals surface area contributed by atoms with Crippen LogP contribution in [0.2, 0.25) is 0 Å². The molecule has 0 amide bonds. The van der Waals surface area contributed by atoms with Crippen LogP contribution in [0.1, 0.15) is 33.6 Å². The maximum Gasteiger partial charge on any atom is 0.102 e. The lowest BCUT2D eigenvalue weighted by atomic mass is 10.00. The van der Waals surface area contributed by atoms with Gasteiger partial charge in [0.2, 0.25) is 0 Å². The zero-order valence-electron chi connectivity index (χ0n) is 9.69. The fraction of sp³-hybridized carbons (Fsp3) is 0.909. The molecule has 86 valence electrons. The van der Waals surface area contributed by atoms with Crippen molar-refractivity contribution in [1.29, 1.82) is 5.26 Å². The molecular weight excluding hydrogens is 208 g/mol. The van der Waals surface area contributed by atoms with Gasteiger partial charge in [-0.3, -0.25) is 0 Å². The quantitative estimate of drug-likeness (QED) is 0.798. The number of rotatable bonds is 4. The Hall–Kier alpha value is -0.240. The molecule has 0 aliphatic carbocycles. The normalized spacial score (nSPS) is 31.9. The van der Waals surface area contributed by atoms with Gasteiger partial charge in [-0.05, 0) is 26.7 Å². The minimum atomic E-state index is -0.699. The molecule has 0 spiro atoms. The standard InChI is InChI=1S/C11H20N2OS/c1-8(6-11(3,13)7-12)15-10-4-5-14-9(10)2/h8-10H,4-6,13H2,1-3H3. The first-order chi connectivity index (χ1) is 6.94. The molecule has 0 saturated carbocycles. The molecular formula is C11H20N2OS. The highest BCUT2D eigenvalue weighted by Gasteiger charge is 2.29. The van der Waals surface area contributed by atoms with Gasteiger partial charge in [0.05, 0.1) is 12.2 Å².